The summed E-state index contributed by atoms with van der Waals surface area (Å²) < 4.78 is 23.7. The highest BCUT2D eigenvalue weighted by atomic mass is 79.9. The molecule has 0 aliphatic heterocycles. The van der Waals surface area contributed by atoms with Crippen LogP contribution in [0.5, 0.6) is 0 Å². The summed E-state index contributed by atoms with van der Waals surface area (Å²) >= 11 is 3.35. The van der Waals surface area contributed by atoms with E-state index in [9.17, 15) is 8.42 Å². The van der Waals surface area contributed by atoms with Gasteiger partial charge in [0, 0.05) is 22.7 Å². The second kappa shape index (κ2) is 4.37. The molecule has 0 radical (unpaired) electrons. The standard InChI is InChI=1S/C12H16BrNO2S/c1-14-8-12(5-6-12)9-3-4-11(10(13)7-9)17(2,15)16/h3-4,7,14H,5-6,8H2,1-2H3. The summed E-state index contributed by atoms with van der Waals surface area (Å²) in [5.74, 6) is 0. The Labute approximate surface area is 111 Å². The van der Waals surface area contributed by atoms with Crippen LogP contribution in [0.3, 0.4) is 0 Å². The molecule has 1 aromatic carbocycles. The van der Waals surface area contributed by atoms with Crippen molar-refractivity contribution in [3.8, 4) is 0 Å². The van der Waals surface area contributed by atoms with Crippen LogP contribution in [0.1, 0.15) is 18.4 Å². The van der Waals surface area contributed by atoms with Gasteiger partial charge in [0.1, 0.15) is 0 Å². The van der Waals surface area contributed by atoms with Gasteiger partial charge in [0.25, 0.3) is 0 Å². The van der Waals surface area contributed by atoms with Gasteiger partial charge >= 0.3 is 0 Å². The molecule has 1 aliphatic carbocycles. The van der Waals surface area contributed by atoms with Gasteiger partial charge in [-0.1, -0.05) is 6.07 Å². The van der Waals surface area contributed by atoms with Crippen molar-refractivity contribution in [3.05, 3.63) is 28.2 Å². The van der Waals surface area contributed by atoms with Gasteiger partial charge in [0.15, 0.2) is 9.84 Å². The molecule has 5 heteroatoms. The topological polar surface area (TPSA) is 46.2 Å². The van der Waals surface area contributed by atoms with E-state index in [0.29, 0.717) is 9.37 Å². The molecule has 94 valence electrons. The van der Waals surface area contributed by atoms with E-state index in [1.165, 1.54) is 24.7 Å². The van der Waals surface area contributed by atoms with Gasteiger partial charge < -0.3 is 5.32 Å². The molecule has 1 N–H and O–H groups in total. The summed E-state index contributed by atoms with van der Waals surface area (Å²) in [6.07, 6.45) is 3.56. The average Bonchev–Trinajstić information content (AvgIpc) is 2.97. The molecule has 0 amide bonds. The van der Waals surface area contributed by atoms with Crippen molar-refractivity contribution < 1.29 is 8.42 Å². The van der Waals surface area contributed by atoms with Gasteiger partial charge in [-0.05, 0) is 53.5 Å². The molecule has 1 aliphatic rings. The molecule has 0 bridgehead atoms. The van der Waals surface area contributed by atoms with E-state index in [1.807, 2.05) is 19.2 Å². The zero-order chi connectivity index (χ0) is 12.7. The van der Waals surface area contributed by atoms with E-state index < -0.39 is 9.84 Å². The maximum absolute atomic E-state index is 11.5. The average molecular weight is 318 g/mol. The minimum absolute atomic E-state index is 0.216. The first-order valence-corrected chi connectivity index (χ1v) is 8.22. The maximum atomic E-state index is 11.5. The summed E-state index contributed by atoms with van der Waals surface area (Å²) in [6.45, 7) is 0.942. The van der Waals surface area contributed by atoms with Crippen LogP contribution in [0.25, 0.3) is 0 Å². The molecule has 17 heavy (non-hydrogen) atoms. The molecule has 0 aromatic heterocycles. The van der Waals surface area contributed by atoms with Gasteiger partial charge in [-0.2, -0.15) is 0 Å². The highest BCUT2D eigenvalue weighted by Gasteiger charge is 2.43. The fourth-order valence-electron chi connectivity index (χ4n) is 2.19. The van der Waals surface area contributed by atoms with Crippen LogP contribution >= 0.6 is 15.9 Å². The predicted molar refractivity (Wildman–Crippen MR) is 72.1 cm³/mol. The van der Waals surface area contributed by atoms with Crippen molar-refractivity contribution >= 4 is 25.8 Å². The minimum Gasteiger partial charge on any atom is -0.319 e. The summed E-state index contributed by atoms with van der Waals surface area (Å²) in [6, 6.07) is 5.58. The number of sulfone groups is 1. The first-order chi connectivity index (χ1) is 7.89. The van der Waals surface area contributed by atoms with Crippen molar-refractivity contribution in [1.29, 1.82) is 0 Å². The first-order valence-electron chi connectivity index (χ1n) is 5.54. The molecule has 1 saturated carbocycles. The highest BCUT2D eigenvalue weighted by Crippen LogP contribution is 2.48. The molecule has 0 atom stereocenters. The van der Waals surface area contributed by atoms with Gasteiger partial charge in [-0.25, -0.2) is 8.42 Å². The Morgan fingerprint density at radius 2 is 2.06 bits per heavy atom. The minimum atomic E-state index is -3.15. The third-order valence-corrected chi connectivity index (χ3v) is 5.39. The highest BCUT2D eigenvalue weighted by molar-refractivity contribution is 9.10. The molecular formula is C12H16BrNO2S. The molecule has 3 nitrogen and oxygen atoms in total. The third-order valence-electron chi connectivity index (χ3n) is 3.31. The smallest absolute Gasteiger partial charge is 0.176 e. The summed E-state index contributed by atoms with van der Waals surface area (Å²) in [7, 11) is -1.21. The van der Waals surface area contributed by atoms with Crippen molar-refractivity contribution in [2.75, 3.05) is 19.8 Å². The normalized spacial score (nSPS) is 18.1. The van der Waals surface area contributed by atoms with E-state index in [1.54, 1.807) is 6.07 Å². The Bertz CT molecular complexity index is 535. The molecule has 0 heterocycles. The van der Waals surface area contributed by atoms with Crippen molar-refractivity contribution in [2.24, 2.45) is 0 Å². The number of benzene rings is 1. The van der Waals surface area contributed by atoms with Gasteiger partial charge in [-0.15, -0.1) is 0 Å². The van der Waals surface area contributed by atoms with E-state index >= 15 is 0 Å². The molecule has 2 rings (SSSR count). The van der Waals surface area contributed by atoms with Crippen LogP contribution in [0, 0.1) is 0 Å². The number of hydrogen-bond donors (Lipinski definition) is 1. The lowest BCUT2D eigenvalue weighted by Crippen LogP contribution is -2.23. The van der Waals surface area contributed by atoms with E-state index in [-0.39, 0.29) is 5.41 Å². The number of rotatable bonds is 4. The molecule has 0 saturated heterocycles. The largest absolute Gasteiger partial charge is 0.319 e. The first kappa shape index (κ1) is 13.1. The molecule has 1 fully saturated rings. The van der Waals surface area contributed by atoms with Crippen LogP contribution in [-0.2, 0) is 15.3 Å². The van der Waals surface area contributed by atoms with Crippen molar-refractivity contribution in [3.63, 3.8) is 0 Å². The molecule has 1 aromatic rings. The zero-order valence-electron chi connectivity index (χ0n) is 9.96. The summed E-state index contributed by atoms with van der Waals surface area (Å²) in [4.78, 5) is 0.363. The molecule has 0 unspecified atom stereocenters. The Kier molecular flexibility index (Phi) is 3.36. The SMILES string of the molecule is CNCC1(c2ccc(S(C)(=O)=O)c(Br)c2)CC1. The van der Waals surface area contributed by atoms with Gasteiger partial charge in [-0.3, -0.25) is 0 Å². The van der Waals surface area contributed by atoms with Gasteiger partial charge in [0.05, 0.1) is 4.90 Å². The van der Waals surface area contributed by atoms with Crippen LogP contribution in [0.2, 0.25) is 0 Å². The Morgan fingerprint density at radius 1 is 1.41 bits per heavy atom. The van der Waals surface area contributed by atoms with Crippen LogP contribution in [-0.4, -0.2) is 28.3 Å². The second-order valence-corrected chi connectivity index (χ2v) is 7.57. The zero-order valence-corrected chi connectivity index (χ0v) is 12.4. The molecule has 0 spiro atoms. The van der Waals surface area contributed by atoms with E-state index in [4.69, 9.17) is 0 Å². The van der Waals surface area contributed by atoms with Crippen molar-refractivity contribution in [1.82, 2.24) is 5.32 Å². The summed E-state index contributed by atoms with van der Waals surface area (Å²) in [5, 5.41) is 3.20. The third kappa shape index (κ3) is 2.56. The van der Waals surface area contributed by atoms with Gasteiger partial charge in [0.2, 0.25) is 0 Å². The van der Waals surface area contributed by atoms with Crippen LogP contribution in [0.15, 0.2) is 27.6 Å². The Morgan fingerprint density at radius 3 is 2.47 bits per heavy atom. The maximum Gasteiger partial charge on any atom is 0.176 e. The second-order valence-electron chi connectivity index (χ2n) is 4.73. The molecular weight excluding hydrogens is 302 g/mol. The number of hydrogen-bond acceptors (Lipinski definition) is 3. The Balaban J connectivity index is 2.39. The van der Waals surface area contributed by atoms with Crippen molar-refractivity contribution in [2.45, 2.75) is 23.2 Å². The lowest BCUT2D eigenvalue weighted by atomic mass is 9.96. The fourth-order valence-corrected chi connectivity index (χ4v) is 4.18. The number of likely N-dealkylation sites (N-methyl/N-ethyl adjacent to an activating group) is 1. The van der Waals surface area contributed by atoms with E-state index in [2.05, 4.69) is 21.2 Å². The number of halogens is 1. The fraction of sp³-hybridized carbons (Fsp3) is 0.500. The van der Waals surface area contributed by atoms with E-state index in [0.717, 1.165) is 6.54 Å². The lowest BCUT2D eigenvalue weighted by molar-refractivity contribution is 0.600. The monoisotopic (exact) mass is 317 g/mol. The predicted octanol–water partition coefficient (Wildman–Crippen LogP) is 2.10. The van der Waals surface area contributed by atoms with Crippen LogP contribution in [0.4, 0.5) is 0 Å². The lowest BCUT2D eigenvalue weighted by Gasteiger charge is -2.16. The number of nitrogens with one attached hydrogen (secondary N) is 1. The Hall–Kier alpha value is -0.390. The van der Waals surface area contributed by atoms with Crippen LogP contribution < -0.4 is 5.32 Å². The quantitative estimate of drug-likeness (QED) is 0.925. The summed E-state index contributed by atoms with van der Waals surface area (Å²) in [5.41, 5.74) is 1.43.